The van der Waals surface area contributed by atoms with Crippen LogP contribution in [-0.2, 0) is 6.42 Å². The molecule has 2 aromatic carbocycles. The van der Waals surface area contributed by atoms with E-state index in [1.807, 2.05) is 25.1 Å². The molecule has 10 heteroatoms. The highest BCUT2D eigenvalue weighted by molar-refractivity contribution is 9.10. The average Bonchev–Trinajstić information content (AvgIpc) is 3.16. The number of aromatic amines is 1. The molecule has 0 saturated heterocycles. The van der Waals surface area contributed by atoms with Gasteiger partial charge in [0.05, 0.1) is 23.0 Å². The summed E-state index contributed by atoms with van der Waals surface area (Å²) in [5, 5.41) is 11.2. The summed E-state index contributed by atoms with van der Waals surface area (Å²) >= 11 is 4.72. The summed E-state index contributed by atoms with van der Waals surface area (Å²) in [6.45, 7) is 1.93. The summed E-state index contributed by atoms with van der Waals surface area (Å²) in [5.74, 6) is 0.214. The van der Waals surface area contributed by atoms with Crippen LogP contribution in [0.5, 0.6) is 11.6 Å². The standard InChI is InChI=1S/C21H17BrN4O4S/c1-3-11-8-12(22)4-7-16(11)26-19(28)14(18(27)25-21(26)29)10-23-20-24-15-6-5-13(30-2)9-17(15)31-20/h4-10,28H,3H2,1-2H3,(H,25,27,29). The molecule has 4 rings (SSSR count). The average molecular weight is 501 g/mol. The Hall–Kier alpha value is -3.24. The van der Waals surface area contributed by atoms with Crippen LogP contribution in [0.25, 0.3) is 15.9 Å². The number of nitrogens with zero attached hydrogens (tertiary/aromatic N) is 3. The van der Waals surface area contributed by atoms with Crippen LogP contribution >= 0.6 is 27.3 Å². The number of hydrogen-bond acceptors (Lipinski definition) is 7. The van der Waals surface area contributed by atoms with E-state index in [1.54, 1.807) is 25.3 Å². The van der Waals surface area contributed by atoms with Crippen molar-refractivity contribution >= 4 is 48.8 Å². The highest BCUT2D eigenvalue weighted by Gasteiger charge is 2.17. The van der Waals surface area contributed by atoms with E-state index in [1.165, 1.54) is 17.6 Å². The second kappa shape index (κ2) is 8.48. The van der Waals surface area contributed by atoms with Crippen LogP contribution in [0.1, 0.15) is 18.1 Å². The van der Waals surface area contributed by atoms with Crippen LogP contribution in [-0.4, -0.2) is 33.0 Å². The van der Waals surface area contributed by atoms with Gasteiger partial charge in [0.15, 0.2) is 0 Å². The maximum absolute atomic E-state index is 12.5. The van der Waals surface area contributed by atoms with Crippen molar-refractivity contribution in [1.82, 2.24) is 14.5 Å². The summed E-state index contributed by atoms with van der Waals surface area (Å²) in [4.78, 5) is 35.7. The van der Waals surface area contributed by atoms with Crippen LogP contribution in [0.4, 0.5) is 5.13 Å². The van der Waals surface area contributed by atoms with Crippen molar-refractivity contribution in [2.75, 3.05) is 7.11 Å². The molecule has 0 spiro atoms. The number of benzene rings is 2. The number of halogens is 1. The van der Waals surface area contributed by atoms with Crippen LogP contribution in [0, 0.1) is 0 Å². The quantitative estimate of drug-likeness (QED) is 0.403. The zero-order chi connectivity index (χ0) is 22.1. The van der Waals surface area contributed by atoms with Crippen molar-refractivity contribution in [2.45, 2.75) is 13.3 Å². The predicted molar refractivity (Wildman–Crippen MR) is 125 cm³/mol. The molecule has 0 fully saturated rings. The number of fused-ring (bicyclic) bond motifs is 1. The predicted octanol–water partition coefficient (Wildman–Crippen LogP) is 3.93. The molecule has 158 valence electrons. The molecule has 31 heavy (non-hydrogen) atoms. The molecule has 0 aliphatic carbocycles. The number of aliphatic imine (C=N–C) groups is 1. The molecule has 0 saturated carbocycles. The highest BCUT2D eigenvalue weighted by atomic mass is 79.9. The number of thiazole rings is 1. The van der Waals surface area contributed by atoms with E-state index in [0.29, 0.717) is 23.0 Å². The molecular formula is C21H17BrN4O4S. The maximum atomic E-state index is 12.5. The topological polar surface area (TPSA) is 110 Å². The second-order valence-electron chi connectivity index (χ2n) is 6.55. The van der Waals surface area contributed by atoms with Crippen molar-refractivity contribution in [2.24, 2.45) is 4.99 Å². The first-order valence-corrected chi connectivity index (χ1v) is 10.9. The van der Waals surface area contributed by atoms with E-state index < -0.39 is 17.1 Å². The van der Waals surface area contributed by atoms with Crippen LogP contribution in [0.2, 0.25) is 0 Å². The number of aromatic hydroxyl groups is 1. The van der Waals surface area contributed by atoms with Crippen molar-refractivity contribution < 1.29 is 9.84 Å². The lowest BCUT2D eigenvalue weighted by atomic mass is 10.1. The Morgan fingerprint density at radius 1 is 1.29 bits per heavy atom. The molecule has 0 bridgehead atoms. The van der Waals surface area contributed by atoms with Crippen LogP contribution in [0.15, 0.2) is 55.5 Å². The lowest BCUT2D eigenvalue weighted by Crippen LogP contribution is -2.31. The summed E-state index contributed by atoms with van der Waals surface area (Å²) < 4.78 is 8.00. The highest BCUT2D eigenvalue weighted by Crippen LogP contribution is 2.31. The van der Waals surface area contributed by atoms with Gasteiger partial charge in [0, 0.05) is 10.7 Å². The van der Waals surface area contributed by atoms with Crippen molar-refractivity contribution in [3.63, 3.8) is 0 Å². The molecule has 4 aromatic rings. The number of aryl methyl sites for hydroxylation is 1. The Kier molecular flexibility index (Phi) is 5.75. The van der Waals surface area contributed by atoms with Crippen molar-refractivity contribution in [3.05, 3.63) is 72.8 Å². The zero-order valence-corrected chi connectivity index (χ0v) is 19.0. The van der Waals surface area contributed by atoms with Crippen molar-refractivity contribution in [3.8, 4) is 17.3 Å². The molecule has 8 nitrogen and oxygen atoms in total. The minimum Gasteiger partial charge on any atom is -0.497 e. The number of ether oxygens (including phenoxy) is 1. The molecule has 0 amide bonds. The van der Waals surface area contributed by atoms with Gasteiger partial charge in [0.25, 0.3) is 5.56 Å². The molecule has 0 radical (unpaired) electrons. The maximum Gasteiger partial charge on any atom is 0.335 e. The van der Waals surface area contributed by atoms with Gasteiger partial charge in [-0.2, -0.15) is 0 Å². The smallest absolute Gasteiger partial charge is 0.335 e. The number of hydrogen-bond donors (Lipinski definition) is 2. The Balaban J connectivity index is 1.80. The van der Waals surface area contributed by atoms with Gasteiger partial charge in [-0.1, -0.05) is 34.2 Å². The van der Waals surface area contributed by atoms with Crippen molar-refractivity contribution in [1.29, 1.82) is 0 Å². The third kappa shape index (κ3) is 4.04. The van der Waals surface area contributed by atoms with E-state index in [2.05, 4.69) is 30.9 Å². The second-order valence-corrected chi connectivity index (χ2v) is 8.47. The van der Waals surface area contributed by atoms with Crippen LogP contribution < -0.4 is 16.0 Å². The van der Waals surface area contributed by atoms with E-state index in [4.69, 9.17) is 4.74 Å². The Labute approximate surface area is 188 Å². The fourth-order valence-electron chi connectivity index (χ4n) is 3.13. The lowest BCUT2D eigenvalue weighted by Gasteiger charge is -2.13. The van der Waals surface area contributed by atoms with Gasteiger partial charge < -0.3 is 9.84 Å². The summed E-state index contributed by atoms with van der Waals surface area (Å²) in [6, 6.07) is 10.8. The van der Waals surface area contributed by atoms with Gasteiger partial charge in [0.2, 0.25) is 11.0 Å². The van der Waals surface area contributed by atoms with Gasteiger partial charge in [-0.25, -0.2) is 19.3 Å². The summed E-state index contributed by atoms with van der Waals surface area (Å²) in [7, 11) is 1.58. The molecule has 0 atom stereocenters. The number of nitrogens with one attached hydrogen (secondary N) is 1. The Morgan fingerprint density at radius 2 is 2.10 bits per heavy atom. The van der Waals surface area contributed by atoms with Crippen LogP contribution in [0.3, 0.4) is 0 Å². The summed E-state index contributed by atoms with van der Waals surface area (Å²) in [5.41, 5.74) is 0.433. The van der Waals surface area contributed by atoms with E-state index >= 15 is 0 Å². The summed E-state index contributed by atoms with van der Waals surface area (Å²) in [6.07, 6.45) is 1.84. The monoisotopic (exact) mass is 500 g/mol. The Bertz CT molecular complexity index is 1440. The largest absolute Gasteiger partial charge is 0.497 e. The third-order valence-electron chi connectivity index (χ3n) is 4.67. The number of methoxy groups -OCH3 is 1. The molecule has 0 aliphatic heterocycles. The van der Waals surface area contributed by atoms with Gasteiger partial charge in [-0.15, -0.1) is 0 Å². The number of H-pyrrole nitrogens is 1. The van der Waals surface area contributed by atoms with Gasteiger partial charge in [-0.3, -0.25) is 9.78 Å². The fraction of sp³-hybridized carbons (Fsp3) is 0.143. The molecule has 2 N–H and O–H groups in total. The molecule has 2 aromatic heterocycles. The van der Waals surface area contributed by atoms with Gasteiger partial charge >= 0.3 is 5.69 Å². The van der Waals surface area contributed by atoms with Gasteiger partial charge in [-0.05, 0) is 48.4 Å². The normalized spacial score (nSPS) is 11.5. The molecule has 0 unspecified atom stereocenters. The third-order valence-corrected chi connectivity index (χ3v) is 6.09. The minimum absolute atomic E-state index is 0.138. The molecular weight excluding hydrogens is 484 g/mol. The fourth-order valence-corrected chi connectivity index (χ4v) is 4.38. The van der Waals surface area contributed by atoms with E-state index in [0.717, 1.165) is 24.8 Å². The van der Waals surface area contributed by atoms with Gasteiger partial charge in [0.1, 0.15) is 11.3 Å². The number of rotatable bonds is 5. The first-order chi connectivity index (χ1) is 14.9. The molecule has 0 aliphatic rings. The van der Waals surface area contributed by atoms with E-state index in [9.17, 15) is 14.7 Å². The first-order valence-electron chi connectivity index (χ1n) is 9.27. The number of aromatic nitrogens is 3. The zero-order valence-electron chi connectivity index (χ0n) is 16.5. The first kappa shape index (κ1) is 21.0. The molecule has 2 heterocycles. The SMILES string of the molecule is CCc1cc(Br)ccc1-n1c(O)c(C=Nc2nc3ccc(OC)cc3s2)c(=O)[nH]c1=O. The van der Waals surface area contributed by atoms with E-state index in [-0.39, 0.29) is 5.56 Å². The Morgan fingerprint density at radius 3 is 2.84 bits per heavy atom. The lowest BCUT2D eigenvalue weighted by molar-refractivity contribution is 0.415. The minimum atomic E-state index is -0.736.